The van der Waals surface area contributed by atoms with Crippen LogP contribution in [0.5, 0.6) is 0 Å². The Hall–Kier alpha value is -0.330. The zero-order chi connectivity index (χ0) is 8.11. The molecule has 2 saturated carbocycles. The van der Waals surface area contributed by atoms with Gasteiger partial charge in [-0.3, -0.25) is 4.79 Å². The summed E-state index contributed by atoms with van der Waals surface area (Å²) in [6, 6.07) is 0. The van der Waals surface area contributed by atoms with E-state index in [4.69, 9.17) is 0 Å². The van der Waals surface area contributed by atoms with E-state index in [1.165, 1.54) is 12.8 Å². The van der Waals surface area contributed by atoms with Gasteiger partial charge in [0.25, 0.3) is 0 Å². The van der Waals surface area contributed by atoms with Gasteiger partial charge < -0.3 is 0 Å². The van der Waals surface area contributed by atoms with Crippen molar-refractivity contribution in [3.05, 3.63) is 0 Å². The van der Waals surface area contributed by atoms with Gasteiger partial charge in [-0.2, -0.15) is 0 Å². The summed E-state index contributed by atoms with van der Waals surface area (Å²) in [5, 5.41) is 0. The normalized spacial score (nSPS) is 41.1. The fraction of sp³-hybridized carbons (Fsp3) is 0.900. The van der Waals surface area contributed by atoms with Crippen LogP contribution in [0.3, 0.4) is 0 Å². The van der Waals surface area contributed by atoms with Gasteiger partial charge >= 0.3 is 0 Å². The van der Waals surface area contributed by atoms with Crippen LogP contribution in [0, 0.1) is 10.8 Å². The molecule has 62 valence electrons. The zero-order valence-electron chi connectivity index (χ0n) is 7.44. The predicted molar refractivity (Wildman–Crippen MR) is 44.3 cm³/mol. The van der Waals surface area contributed by atoms with Gasteiger partial charge in [-0.05, 0) is 24.7 Å². The van der Waals surface area contributed by atoms with E-state index >= 15 is 0 Å². The highest BCUT2D eigenvalue weighted by Gasteiger charge is 2.65. The maximum Gasteiger partial charge on any atom is 0.139 e. The van der Waals surface area contributed by atoms with Gasteiger partial charge in [0.2, 0.25) is 0 Å². The van der Waals surface area contributed by atoms with Gasteiger partial charge in [0.15, 0.2) is 0 Å². The first-order valence-electron chi connectivity index (χ1n) is 4.62. The Bertz CT molecular complexity index is 205. The van der Waals surface area contributed by atoms with Crippen LogP contribution in [0.15, 0.2) is 0 Å². The highest BCUT2D eigenvalue weighted by molar-refractivity contribution is 5.89. The molecule has 0 heterocycles. The van der Waals surface area contributed by atoms with E-state index in [2.05, 4.69) is 13.8 Å². The van der Waals surface area contributed by atoms with E-state index in [1.54, 1.807) is 0 Å². The third kappa shape index (κ3) is 0.800. The number of hydrogen-bond donors (Lipinski definition) is 0. The Morgan fingerprint density at radius 1 is 1.27 bits per heavy atom. The van der Waals surface area contributed by atoms with Crippen molar-refractivity contribution in [2.24, 2.45) is 10.8 Å². The molecular formula is C10H16O. The lowest BCUT2D eigenvalue weighted by atomic mass is 9.80. The van der Waals surface area contributed by atoms with Crippen LogP contribution < -0.4 is 0 Å². The second-order valence-corrected chi connectivity index (χ2v) is 4.77. The molecule has 2 rings (SSSR count). The number of rotatable bonds is 0. The summed E-state index contributed by atoms with van der Waals surface area (Å²) in [7, 11) is 0. The number of ketones is 1. The molecule has 2 aliphatic carbocycles. The Kier molecular flexibility index (Phi) is 1.25. The number of carbonyl (C=O) groups excluding carboxylic acids is 1. The van der Waals surface area contributed by atoms with Crippen LogP contribution >= 0.6 is 0 Å². The molecular weight excluding hydrogens is 136 g/mol. The van der Waals surface area contributed by atoms with Crippen LogP contribution in [0.1, 0.15) is 46.0 Å². The van der Waals surface area contributed by atoms with Gasteiger partial charge in [0.05, 0.1) is 0 Å². The lowest BCUT2D eigenvalue weighted by Crippen LogP contribution is -2.24. The highest BCUT2D eigenvalue weighted by Crippen LogP contribution is 2.68. The van der Waals surface area contributed by atoms with Crippen molar-refractivity contribution in [1.82, 2.24) is 0 Å². The van der Waals surface area contributed by atoms with Crippen LogP contribution in [0.4, 0.5) is 0 Å². The van der Waals surface area contributed by atoms with E-state index in [-0.39, 0.29) is 5.41 Å². The summed E-state index contributed by atoms with van der Waals surface area (Å²) in [5.74, 6) is 0.550. The summed E-state index contributed by atoms with van der Waals surface area (Å²) in [6.45, 7) is 4.46. The molecule has 0 amide bonds. The number of Topliss-reactive ketones (excluding diaryl/α,β-unsaturated/α-hetero) is 1. The molecule has 0 aromatic carbocycles. The van der Waals surface area contributed by atoms with E-state index in [1.807, 2.05) is 0 Å². The quantitative estimate of drug-likeness (QED) is 0.521. The van der Waals surface area contributed by atoms with Gasteiger partial charge in [-0.15, -0.1) is 0 Å². The van der Waals surface area contributed by atoms with Crippen molar-refractivity contribution >= 4 is 5.78 Å². The molecule has 11 heavy (non-hydrogen) atoms. The summed E-state index contributed by atoms with van der Waals surface area (Å²) < 4.78 is 0. The molecule has 0 radical (unpaired) electrons. The van der Waals surface area contributed by atoms with E-state index in [0.717, 1.165) is 19.3 Å². The van der Waals surface area contributed by atoms with Gasteiger partial charge in [0.1, 0.15) is 5.78 Å². The maximum atomic E-state index is 11.6. The van der Waals surface area contributed by atoms with Crippen molar-refractivity contribution in [2.75, 3.05) is 0 Å². The molecule has 0 aromatic rings. The van der Waals surface area contributed by atoms with Gasteiger partial charge in [0, 0.05) is 11.8 Å². The topological polar surface area (TPSA) is 17.1 Å². The fourth-order valence-corrected chi connectivity index (χ4v) is 2.70. The molecule has 2 aliphatic rings. The SMILES string of the molecule is CC1(C)CC12CCCCC2=O. The Morgan fingerprint density at radius 3 is 2.27 bits per heavy atom. The first kappa shape index (κ1) is 7.33. The largest absolute Gasteiger partial charge is 0.299 e. The molecule has 0 aromatic heterocycles. The average Bonchev–Trinajstić information content (AvgIpc) is 2.45. The molecule has 0 aliphatic heterocycles. The molecule has 1 spiro atoms. The molecule has 2 fully saturated rings. The fourth-order valence-electron chi connectivity index (χ4n) is 2.70. The van der Waals surface area contributed by atoms with Crippen LogP contribution in [0.25, 0.3) is 0 Å². The van der Waals surface area contributed by atoms with Crippen LogP contribution in [-0.2, 0) is 4.79 Å². The summed E-state index contributed by atoms with van der Waals surface area (Å²) in [4.78, 5) is 11.6. The number of hydrogen-bond acceptors (Lipinski definition) is 1. The summed E-state index contributed by atoms with van der Waals surface area (Å²) in [6.07, 6.45) is 5.58. The zero-order valence-corrected chi connectivity index (χ0v) is 7.44. The minimum absolute atomic E-state index is 0.144. The average molecular weight is 152 g/mol. The smallest absolute Gasteiger partial charge is 0.139 e. The Balaban J connectivity index is 2.20. The van der Waals surface area contributed by atoms with Crippen molar-refractivity contribution in [3.63, 3.8) is 0 Å². The Labute approximate surface area is 68.2 Å². The molecule has 1 nitrogen and oxygen atoms in total. The lowest BCUT2D eigenvalue weighted by Gasteiger charge is -2.23. The van der Waals surface area contributed by atoms with Gasteiger partial charge in [-0.25, -0.2) is 0 Å². The Morgan fingerprint density at radius 2 is 1.91 bits per heavy atom. The van der Waals surface area contributed by atoms with E-state index < -0.39 is 0 Å². The van der Waals surface area contributed by atoms with Gasteiger partial charge in [-0.1, -0.05) is 20.3 Å². The highest BCUT2D eigenvalue weighted by atomic mass is 16.1. The third-order valence-corrected chi connectivity index (χ3v) is 3.71. The predicted octanol–water partition coefficient (Wildman–Crippen LogP) is 2.55. The molecule has 0 N–H and O–H groups in total. The summed E-state index contributed by atoms with van der Waals surface area (Å²) in [5.41, 5.74) is 0.482. The standard InChI is InChI=1S/C10H16O/c1-9(2)7-10(9)6-4-3-5-8(10)11/h3-7H2,1-2H3. The lowest BCUT2D eigenvalue weighted by molar-refractivity contribution is -0.127. The monoisotopic (exact) mass is 152 g/mol. The summed E-state index contributed by atoms with van der Waals surface area (Å²) >= 11 is 0. The first-order valence-corrected chi connectivity index (χ1v) is 4.62. The molecule has 1 unspecified atom stereocenters. The van der Waals surface area contributed by atoms with E-state index in [0.29, 0.717) is 11.2 Å². The second-order valence-electron chi connectivity index (χ2n) is 4.77. The number of carbonyl (C=O) groups is 1. The molecule has 1 heteroatoms. The van der Waals surface area contributed by atoms with Crippen molar-refractivity contribution in [2.45, 2.75) is 46.0 Å². The minimum atomic E-state index is 0.144. The second kappa shape index (κ2) is 1.88. The van der Waals surface area contributed by atoms with Crippen LogP contribution in [-0.4, -0.2) is 5.78 Å². The minimum Gasteiger partial charge on any atom is -0.299 e. The van der Waals surface area contributed by atoms with Crippen LogP contribution in [0.2, 0.25) is 0 Å². The molecule has 0 saturated heterocycles. The van der Waals surface area contributed by atoms with Crippen molar-refractivity contribution in [1.29, 1.82) is 0 Å². The van der Waals surface area contributed by atoms with Crippen molar-refractivity contribution in [3.8, 4) is 0 Å². The van der Waals surface area contributed by atoms with Crippen molar-refractivity contribution < 1.29 is 4.79 Å². The molecule has 0 bridgehead atoms. The molecule has 1 atom stereocenters. The first-order chi connectivity index (χ1) is 5.08. The van der Waals surface area contributed by atoms with E-state index in [9.17, 15) is 4.79 Å². The third-order valence-electron chi connectivity index (χ3n) is 3.71. The maximum absolute atomic E-state index is 11.6.